The third-order valence-corrected chi connectivity index (χ3v) is 5.01. The van der Waals surface area contributed by atoms with E-state index in [1.54, 1.807) is 11.5 Å². The second-order valence-corrected chi connectivity index (χ2v) is 7.21. The molecule has 0 spiro atoms. The molecule has 2 amide bonds. The quantitative estimate of drug-likeness (QED) is 0.768. The van der Waals surface area contributed by atoms with E-state index in [4.69, 9.17) is 0 Å². The molecule has 0 saturated heterocycles. The molecule has 28 heavy (non-hydrogen) atoms. The zero-order chi connectivity index (χ0) is 20.1. The third kappa shape index (κ3) is 4.18. The van der Waals surface area contributed by atoms with Gasteiger partial charge in [-0.1, -0.05) is 25.1 Å². The number of imidazole rings is 1. The van der Waals surface area contributed by atoms with Crippen LogP contribution in [0.15, 0.2) is 35.1 Å². The van der Waals surface area contributed by atoms with Crippen LogP contribution in [0, 0.1) is 0 Å². The minimum absolute atomic E-state index is 0.120. The van der Waals surface area contributed by atoms with Crippen molar-refractivity contribution in [1.82, 2.24) is 19.8 Å². The van der Waals surface area contributed by atoms with Crippen molar-refractivity contribution in [3.8, 4) is 0 Å². The van der Waals surface area contributed by atoms with E-state index >= 15 is 0 Å². The second kappa shape index (κ2) is 8.91. The number of para-hydroxylation sites is 2. The molecule has 1 aliphatic carbocycles. The number of aromatic nitrogens is 2. The summed E-state index contributed by atoms with van der Waals surface area (Å²) in [6.45, 7) is 4.06. The van der Waals surface area contributed by atoms with Crippen LogP contribution in [0.2, 0.25) is 0 Å². The van der Waals surface area contributed by atoms with Crippen LogP contribution in [-0.4, -0.2) is 33.5 Å². The van der Waals surface area contributed by atoms with Gasteiger partial charge in [0.1, 0.15) is 12.6 Å². The number of nitrogens with zero attached hydrogens (tertiary/aromatic N) is 2. The highest BCUT2D eigenvalue weighted by atomic mass is 16.2. The number of allylic oxidation sites excluding steroid dienone is 2. The monoisotopic (exact) mass is 384 g/mol. The van der Waals surface area contributed by atoms with Gasteiger partial charge in [-0.3, -0.25) is 18.7 Å². The van der Waals surface area contributed by atoms with Gasteiger partial charge in [-0.25, -0.2) is 4.79 Å². The SMILES string of the molecule is CCCNC(=O)C(C)NC(=O)Cn1c(=O)n(C2=CCCCC2)c2ccccc21. The standard InChI is InChI=1S/C21H28N4O3/c1-3-13-22-20(27)15(2)23-19(26)14-24-17-11-7-8-12-18(17)25(21(24)28)16-9-5-4-6-10-16/h7-9,11-12,15H,3-6,10,13-14H2,1-2H3,(H,22,27)(H,23,26). The second-order valence-electron chi connectivity index (χ2n) is 7.21. The highest BCUT2D eigenvalue weighted by Gasteiger charge is 2.20. The largest absolute Gasteiger partial charge is 0.354 e. The predicted molar refractivity (Wildman–Crippen MR) is 110 cm³/mol. The summed E-state index contributed by atoms with van der Waals surface area (Å²) in [4.78, 5) is 37.6. The van der Waals surface area contributed by atoms with E-state index in [0.29, 0.717) is 6.54 Å². The Balaban J connectivity index is 1.84. The average Bonchev–Trinajstić information content (AvgIpc) is 2.98. The lowest BCUT2D eigenvalue weighted by molar-refractivity contribution is -0.128. The Morgan fingerprint density at radius 2 is 1.93 bits per heavy atom. The van der Waals surface area contributed by atoms with Crippen molar-refractivity contribution in [3.05, 3.63) is 40.8 Å². The molecule has 7 nitrogen and oxygen atoms in total. The number of fused-ring (bicyclic) bond motifs is 1. The molecule has 0 fully saturated rings. The molecule has 1 atom stereocenters. The third-order valence-electron chi connectivity index (χ3n) is 5.01. The highest BCUT2D eigenvalue weighted by Crippen LogP contribution is 2.24. The molecule has 1 unspecified atom stereocenters. The van der Waals surface area contributed by atoms with Crippen LogP contribution in [0.5, 0.6) is 0 Å². The molecule has 3 rings (SSSR count). The minimum atomic E-state index is -0.649. The summed E-state index contributed by atoms with van der Waals surface area (Å²) in [6.07, 6.45) is 6.96. The Labute approximate surface area is 164 Å². The molecule has 1 aromatic carbocycles. The predicted octanol–water partition coefficient (Wildman–Crippen LogP) is 2.25. The number of carbonyl (C=O) groups excluding carboxylic acids is 2. The molecule has 1 aliphatic rings. The van der Waals surface area contributed by atoms with Gasteiger partial charge in [0.15, 0.2) is 0 Å². The number of benzene rings is 1. The van der Waals surface area contributed by atoms with Crippen molar-refractivity contribution >= 4 is 28.5 Å². The van der Waals surface area contributed by atoms with Crippen LogP contribution in [0.1, 0.15) is 46.0 Å². The molecule has 0 radical (unpaired) electrons. The summed E-state index contributed by atoms with van der Waals surface area (Å²) in [5, 5.41) is 5.44. The van der Waals surface area contributed by atoms with Gasteiger partial charge in [0, 0.05) is 12.2 Å². The first-order valence-electron chi connectivity index (χ1n) is 9.99. The molecule has 150 valence electrons. The summed E-state index contributed by atoms with van der Waals surface area (Å²) in [6, 6.07) is 6.86. The Hall–Kier alpha value is -2.83. The maximum Gasteiger partial charge on any atom is 0.333 e. The van der Waals surface area contributed by atoms with Gasteiger partial charge in [0.25, 0.3) is 0 Å². The van der Waals surface area contributed by atoms with Gasteiger partial charge in [-0.2, -0.15) is 0 Å². The number of amides is 2. The topological polar surface area (TPSA) is 85.1 Å². The lowest BCUT2D eigenvalue weighted by Crippen LogP contribution is -2.46. The number of rotatable bonds is 7. The van der Waals surface area contributed by atoms with E-state index in [2.05, 4.69) is 16.7 Å². The molecule has 2 N–H and O–H groups in total. The normalized spacial score (nSPS) is 15.1. The van der Waals surface area contributed by atoms with Gasteiger partial charge < -0.3 is 10.6 Å². The molecule has 1 heterocycles. The number of nitrogens with one attached hydrogen (secondary N) is 2. The molecule has 2 aromatic rings. The van der Waals surface area contributed by atoms with Gasteiger partial charge in [0.05, 0.1) is 11.0 Å². The van der Waals surface area contributed by atoms with Crippen LogP contribution in [0.4, 0.5) is 0 Å². The fourth-order valence-electron chi connectivity index (χ4n) is 3.56. The van der Waals surface area contributed by atoms with Gasteiger partial charge in [-0.15, -0.1) is 0 Å². The maximum absolute atomic E-state index is 13.1. The first-order chi connectivity index (χ1) is 13.5. The summed E-state index contributed by atoms with van der Waals surface area (Å²) >= 11 is 0. The summed E-state index contributed by atoms with van der Waals surface area (Å²) in [7, 11) is 0. The molecular formula is C21H28N4O3. The van der Waals surface area contributed by atoms with Crippen molar-refractivity contribution in [3.63, 3.8) is 0 Å². The van der Waals surface area contributed by atoms with Crippen molar-refractivity contribution in [1.29, 1.82) is 0 Å². The van der Waals surface area contributed by atoms with E-state index in [0.717, 1.165) is 48.8 Å². The number of hydrogen-bond acceptors (Lipinski definition) is 3. The summed E-state index contributed by atoms with van der Waals surface area (Å²) < 4.78 is 3.20. The van der Waals surface area contributed by atoms with E-state index in [9.17, 15) is 14.4 Å². The smallest absolute Gasteiger partial charge is 0.333 e. The van der Waals surface area contributed by atoms with Crippen LogP contribution in [0.3, 0.4) is 0 Å². The van der Waals surface area contributed by atoms with E-state index in [1.165, 1.54) is 4.57 Å². The van der Waals surface area contributed by atoms with Crippen LogP contribution in [-0.2, 0) is 16.1 Å². The van der Waals surface area contributed by atoms with E-state index < -0.39 is 6.04 Å². The first-order valence-corrected chi connectivity index (χ1v) is 9.99. The van der Waals surface area contributed by atoms with Gasteiger partial charge >= 0.3 is 5.69 Å². The fraction of sp³-hybridized carbons (Fsp3) is 0.476. The Bertz CT molecular complexity index is 954. The van der Waals surface area contributed by atoms with E-state index in [-0.39, 0.29) is 24.0 Å². The van der Waals surface area contributed by atoms with Crippen molar-refractivity contribution in [2.45, 2.75) is 58.5 Å². The Kier molecular flexibility index (Phi) is 6.34. The lowest BCUT2D eigenvalue weighted by atomic mass is 10.0. The number of hydrogen-bond donors (Lipinski definition) is 2. The summed E-state index contributed by atoms with van der Waals surface area (Å²) in [5.41, 5.74) is 2.31. The van der Waals surface area contributed by atoms with Crippen molar-refractivity contribution in [2.75, 3.05) is 6.54 Å². The molecule has 0 bridgehead atoms. The van der Waals surface area contributed by atoms with Crippen LogP contribution >= 0.6 is 0 Å². The molecule has 1 aromatic heterocycles. The van der Waals surface area contributed by atoms with Gasteiger partial charge in [0.2, 0.25) is 11.8 Å². The Morgan fingerprint density at radius 3 is 2.61 bits per heavy atom. The zero-order valence-electron chi connectivity index (χ0n) is 16.5. The average molecular weight is 384 g/mol. The van der Waals surface area contributed by atoms with Crippen molar-refractivity contribution in [2.24, 2.45) is 0 Å². The van der Waals surface area contributed by atoms with E-state index in [1.807, 2.05) is 31.2 Å². The Morgan fingerprint density at radius 1 is 1.18 bits per heavy atom. The minimum Gasteiger partial charge on any atom is -0.354 e. The summed E-state index contributed by atoms with van der Waals surface area (Å²) in [5.74, 6) is -0.584. The van der Waals surface area contributed by atoms with Crippen molar-refractivity contribution < 1.29 is 9.59 Å². The maximum atomic E-state index is 13.1. The zero-order valence-corrected chi connectivity index (χ0v) is 16.5. The molecule has 0 aliphatic heterocycles. The molecule has 0 saturated carbocycles. The first kappa shape index (κ1) is 19.9. The van der Waals surface area contributed by atoms with Gasteiger partial charge in [-0.05, 0) is 51.2 Å². The lowest BCUT2D eigenvalue weighted by Gasteiger charge is -2.14. The van der Waals surface area contributed by atoms with Crippen LogP contribution in [0.25, 0.3) is 16.7 Å². The molecule has 7 heteroatoms. The number of carbonyl (C=O) groups is 2. The van der Waals surface area contributed by atoms with Crippen LogP contribution < -0.4 is 16.3 Å². The highest BCUT2D eigenvalue weighted by molar-refractivity contribution is 5.88. The fourth-order valence-corrected chi connectivity index (χ4v) is 3.56. The molecular weight excluding hydrogens is 356 g/mol.